The van der Waals surface area contributed by atoms with Gasteiger partial charge in [0.25, 0.3) is 5.91 Å². The summed E-state index contributed by atoms with van der Waals surface area (Å²) in [6.07, 6.45) is -3.47. The van der Waals surface area contributed by atoms with Crippen molar-refractivity contribution in [2.75, 3.05) is 18.0 Å². The van der Waals surface area contributed by atoms with E-state index in [2.05, 4.69) is 45.3 Å². The van der Waals surface area contributed by atoms with Crippen LogP contribution in [-0.4, -0.2) is 51.2 Å². The van der Waals surface area contributed by atoms with Crippen molar-refractivity contribution in [3.63, 3.8) is 0 Å². The number of carbonyl (C=O) groups excluding carboxylic acids is 1. The Balaban J connectivity index is 0.913. The van der Waals surface area contributed by atoms with E-state index in [0.29, 0.717) is 24.7 Å². The number of rotatable bonds is 9. The minimum Gasteiger partial charge on any atom is -0.508 e. The number of benzene rings is 6. The normalized spacial score (nSPS) is 13.6. The number of aromatic nitrogens is 3. The highest BCUT2D eigenvalue weighted by Gasteiger charge is 2.33. The molecule has 12 heteroatoms. The molecule has 1 amide bonds. The van der Waals surface area contributed by atoms with Crippen LogP contribution in [0.25, 0.3) is 49.4 Å². The maximum absolute atomic E-state index is 13.0. The van der Waals surface area contributed by atoms with E-state index in [9.17, 15) is 23.1 Å². The number of piperidine rings is 1. The fourth-order valence-electron chi connectivity index (χ4n) is 7.70. The number of anilines is 1. The maximum Gasteiger partial charge on any atom is 0.573 e. The fraction of sp³-hybridized carbons (Fsp3) is 0.152. The predicted molar refractivity (Wildman–Crippen MR) is 217 cm³/mol. The van der Waals surface area contributed by atoms with Crippen LogP contribution < -0.4 is 19.7 Å². The van der Waals surface area contributed by atoms with Crippen LogP contribution in [0.5, 0.6) is 17.2 Å². The predicted octanol–water partition coefficient (Wildman–Crippen LogP) is 9.95. The number of hydrogen-bond donors (Lipinski definition) is 2. The number of amides is 1. The van der Waals surface area contributed by atoms with Gasteiger partial charge in [0.1, 0.15) is 23.4 Å². The van der Waals surface area contributed by atoms with Crippen molar-refractivity contribution in [3.8, 4) is 39.5 Å². The minimum atomic E-state index is -4.94. The lowest BCUT2D eigenvalue weighted by Crippen LogP contribution is -2.39. The van der Waals surface area contributed by atoms with Crippen LogP contribution >= 0.6 is 0 Å². The highest BCUT2D eigenvalue weighted by Crippen LogP contribution is 2.40. The van der Waals surface area contributed by atoms with E-state index >= 15 is 0 Å². The average molecular weight is 780 g/mol. The highest BCUT2D eigenvalue weighted by atomic mass is 19.4. The molecule has 3 heterocycles. The molecule has 1 fully saturated rings. The second kappa shape index (κ2) is 15.1. The van der Waals surface area contributed by atoms with Crippen LogP contribution in [0.15, 0.2) is 140 Å². The van der Waals surface area contributed by atoms with E-state index in [-0.39, 0.29) is 24.0 Å². The van der Waals surface area contributed by atoms with Gasteiger partial charge in [-0.25, -0.2) is 4.98 Å². The van der Waals surface area contributed by atoms with Crippen molar-refractivity contribution in [2.45, 2.75) is 31.9 Å². The van der Waals surface area contributed by atoms with E-state index < -0.39 is 18.0 Å². The lowest BCUT2D eigenvalue weighted by Gasteiger charge is -2.33. The number of aromatic hydroxyl groups is 1. The number of ether oxygens (including phenoxy) is 2. The summed E-state index contributed by atoms with van der Waals surface area (Å²) >= 11 is 0. The van der Waals surface area contributed by atoms with Gasteiger partial charge in [-0.2, -0.15) is 9.61 Å². The molecule has 0 radical (unpaired) electrons. The van der Waals surface area contributed by atoms with Gasteiger partial charge in [0.15, 0.2) is 0 Å². The van der Waals surface area contributed by atoms with Gasteiger partial charge >= 0.3 is 6.36 Å². The number of alkyl halides is 3. The van der Waals surface area contributed by atoms with Gasteiger partial charge in [-0.3, -0.25) is 4.79 Å². The fourth-order valence-corrected chi connectivity index (χ4v) is 7.70. The molecule has 0 unspecified atom stereocenters. The van der Waals surface area contributed by atoms with Crippen molar-refractivity contribution in [1.82, 2.24) is 19.9 Å². The second-order valence-corrected chi connectivity index (χ2v) is 14.2. The minimum absolute atomic E-state index is 0.0222. The van der Waals surface area contributed by atoms with Crippen LogP contribution in [0.4, 0.5) is 19.1 Å². The summed E-state index contributed by atoms with van der Waals surface area (Å²) in [5, 5.41) is 20.5. The maximum atomic E-state index is 13.0. The van der Waals surface area contributed by atoms with E-state index in [4.69, 9.17) is 14.8 Å². The lowest BCUT2D eigenvalue weighted by molar-refractivity contribution is -0.274. The van der Waals surface area contributed by atoms with E-state index in [1.165, 1.54) is 18.2 Å². The number of halogens is 3. The Labute approximate surface area is 330 Å². The molecule has 1 saturated heterocycles. The first-order valence-corrected chi connectivity index (χ1v) is 18.9. The van der Waals surface area contributed by atoms with Crippen molar-refractivity contribution < 1.29 is 32.5 Å². The van der Waals surface area contributed by atoms with E-state index in [1.54, 1.807) is 16.6 Å². The third-order valence-corrected chi connectivity index (χ3v) is 10.4. The number of hydrogen-bond acceptors (Lipinski definition) is 7. The number of phenols is 1. The average Bonchev–Trinajstić information content (AvgIpc) is 3.67. The Morgan fingerprint density at radius 1 is 0.793 bits per heavy atom. The molecule has 0 aliphatic carbocycles. The summed E-state index contributed by atoms with van der Waals surface area (Å²) in [6.45, 7) is 1.30. The van der Waals surface area contributed by atoms with Crippen LogP contribution in [0.2, 0.25) is 0 Å². The standard InChI is InChI=1S/C46H36F3N5O4/c47-46(48,49)58-42-13-7-5-11-39(42)44(56)50-28-32-27-41-38-10-4-6-12-40(38)51-45(54(41)52-32)53-24-22-35(23-25-53)57-34-18-14-30(15-19-34)43-36(29-8-2-1-3-9-29)20-16-31-26-33(55)17-21-37(31)43/h1-21,26-27,35,55H,22-25,28H2,(H,50,56). The molecule has 8 aromatic rings. The number of para-hydroxylation sites is 2. The lowest BCUT2D eigenvalue weighted by atomic mass is 9.89. The molecule has 2 aromatic heterocycles. The summed E-state index contributed by atoms with van der Waals surface area (Å²) in [5.41, 5.74) is 6.20. The Kier molecular flexibility index (Phi) is 9.52. The third-order valence-electron chi connectivity index (χ3n) is 10.4. The molecule has 0 spiro atoms. The highest BCUT2D eigenvalue weighted by molar-refractivity contribution is 6.04. The molecule has 1 aliphatic rings. The summed E-state index contributed by atoms with van der Waals surface area (Å²) in [7, 11) is 0. The zero-order chi connectivity index (χ0) is 39.8. The molecular weight excluding hydrogens is 744 g/mol. The van der Waals surface area contributed by atoms with Gasteiger partial charge in [-0.1, -0.05) is 91.0 Å². The smallest absolute Gasteiger partial charge is 0.508 e. The Bertz CT molecular complexity index is 2780. The van der Waals surface area contributed by atoms with Gasteiger partial charge in [-0.05, 0) is 81.6 Å². The number of nitrogens with one attached hydrogen (secondary N) is 1. The number of phenolic OH excluding ortho intramolecular Hbond substituents is 1. The van der Waals surface area contributed by atoms with Crippen LogP contribution in [0.1, 0.15) is 28.9 Å². The molecule has 0 atom stereocenters. The van der Waals surface area contributed by atoms with Crippen molar-refractivity contribution in [1.29, 1.82) is 0 Å². The molecule has 9 rings (SSSR count). The second-order valence-electron chi connectivity index (χ2n) is 14.2. The topological polar surface area (TPSA) is 101 Å². The molecular formula is C46H36F3N5O4. The molecule has 290 valence electrons. The first-order chi connectivity index (χ1) is 28.2. The van der Waals surface area contributed by atoms with Gasteiger partial charge in [0, 0.05) is 31.3 Å². The molecule has 2 N–H and O–H groups in total. The van der Waals surface area contributed by atoms with Crippen molar-refractivity contribution >= 4 is 39.0 Å². The molecule has 9 nitrogen and oxygen atoms in total. The Hall–Kier alpha value is -7.08. The monoisotopic (exact) mass is 779 g/mol. The number of carbonyl (C=O) groups is 1. The van der Waals surface area contributed by atoms with Crippen LogP contribution in [0.3, 0.4) is 0 Å². The first kappa shape index (κ1) is 36.6. The zero-order valence-electron chi connectivity index (χ0n) is 31.0. The first-order valence-electron chi connectivity index (χ1n) is 18.9. The Morgan fingerprint density at radius 2 is 1.53 bits per heavy atom. The zero-order valence-corrected chi connectivity index (χ0v) is 31.0. The summed E-state index contributed by atoms with van der Waals surface area (Å²) < 4.78 is 51.3. The molecule has 1 aliphatic heterocycles. The third kappa shape index (κ3) is 7.43. The molecule has 0 bridgehead atoms. The van der Waals surface area contributed by atoms with Gasteiger partial charge in [-0.15, -0.1) is 13.2 Å². The summed E-state index contributed by atoms with van der Waals surface area (Å²) in [4.78, 5) is 20.2. The SMILES string of the molecule is O=C(NCc1cc2c3ccccc3nc(N3CCC(Oc4ccc(-c5c(-c6ccccc6)ccc6cc(O)ccc56)cc4)CC3)n2n1)c1ccccc1OC(F)(F)F. The number of nitrogens with zero attached hydrogens (tertiary/aromatic N) is 4. The van der Waals surface area contributed by atoms with Gasteiger partial charge in [0.2, 0.25) is 5.95 Å². The van der Waals surface area contributed by atoms with Crippen molar-refractivity contribution in [3.05, 3.63) is 151 Å². The van der Waals surface area contributed by atoms with Crippen LogP contribution in [0, 0.1) is 0 Å². The molecule has 0 saturated carbocycles. The van der Waals surface area contributed by atoms with Crippen LogP contribution in [-0.2, 0) is 6.54 Å². The summed E-state index contributed by atoms with van der Waals surface area (Å²) in [6, 6.07) is 42.9. The van der Waals surface area contributed by atoms with E-state index in [1.807, 2.05) is 72.8 Å². The van der Waals surface area contributed by atoms with Gasteiger partial charge in [0.05, 0.1) is 28.8 Å². The van der Waals surface area contributed by atoms with Gasteiger partial charge < -0.3 is 24.8 Å². The molecule has 6 aromatic carbocycles. The molecule has 58 heavy (non-hydrogen) atoms. The van der Waals surface area contributed by atoms with E-state index in [0.717, 1.165) is 74.1 Å². The summed E-state index contributed by atoms with van der Waals surface area (Å²) in [5.74, 6) is 0.353. The number of fused-ring (bicyclic) bond motifs is 4. The van der Waals surface area contributed by atoms with Crippen molar-refractivity contribution in [2.24, 2.45) is 0 Å². The quantitative estimate of drug-likeness (QED) is 0.150. The largest absolute Gasteiger partial charge is 0.573 e. The Morgan fingerprint density at radius 3 is 2.33 bits per heavy atom.